The zero-order chi connectivity index (χ0) is 26.7. The molecule has 0 atom stereocenters. The van der Waals surface area contributed by atoms with E-state index in [1.54, 1.807) is 0 Å². The molecule has 0 aliphatic heterocycles. The lowest BCUT2D eigenvalue weighted by Crippen LogP contribution is -1.89. The van der Waals surface area contributed by atoms with Gasteiger partial charge in [-0.1, -0.05) is 141 Å². The van der Waals surface area contributed by atoms with Gasteiger partial charge in [-0.25, -0.2) is 0 Å². The molecule has 0 saturated carbocycles. The summed E-state index contributed by atoms with van der Waals surface area (Å²) in [5, 5.41) is 5.49. The second-order valence-corrected chi connectivity index (χ2v) is 13.5. The van der Waals surface area contributed by atoms with Gasteiger partial charge in [0.2, 0.25) is 0 Å². The van der Waals surface area contributed by atoms with Crippen LogP contribution in [0.3, 0.4) is 0 Å². The van der Waals surface area contributed by atoms with Gasteiger partial charge in [-0.05, 0) is 70.2 Å². The Morgan fingerprint density at radius 1 is 0.395 bits per heavy atom. The van der Waals surface area contributed by atoms with E-state index in [2.05, 4.69) is 85.9 Å². The van der Waals surface area contributed by atoms with Crippen molar-refractivity contribution >= 4 is 45.1 Å². The van der Waals surface area contributed by atoms with Crippen LogP contribution in [0.25, 0.3) is 21.5 Å². The maximum Gasteiger partial charge on any atom is 0.0214 e. The van der Waals surface area contributed by atoms with E-state index in [9.17, 15) is 0 Å². The number of unbranched alkanes of at least 4 members (excludes halogenated alkanes) is 16. The van der Waals surface area contributed by atoms with Crippen LogP contribution in [0, 0.1) is 0 Å². The highest BCUT2D eigenvalue weighted by molar-refractivity contribution is 8.02. The summed E-state index contributed by atoms with van der Waals surface area (Å²) in [7, 11) is 0. The molecule has 0 nitrogen and oxygen atoms in total. The van der Waals surface area contributed by atoms with Crippen molar-refractivity contribution in [3.63, 3.8) is 0 Å². The number of fused-ring (bicyclic) bond motifs is 2. The first-order valence-corrected chi connectivity index (χ1v) is 18.0. The Kier molecular flexibility index (Phi) is 16.4. The number of rotatable bonds is 22. The maximum atomic E-state index is 2.48. The van der Waals surface area contributed by atoms with E-state index in [0.717, 1.165) is 0 Å². The summed E-state index contributed by atoms with van der Waals surface area (Å²) in [6, 6.07) is 18.6. The Hall–Kier alpha value is -1.12. The first-order valence-electron chi connectivity index (χ1n) is 16.0. The van der Waals surface area contributed by atoms with E-state index < -0.39 is 0 Å². The summed E-state index contributed by atoms with van der Waals surface area (Å²) in [6.07, 6.45) is 25.3. The Balaban J connectivity index is 1.48. The fourth-order valence-corrected chi connectivity index (χ4v) is 7.68. The van der Waals surface area contributed by atoms with Crippen molar-refractivity contribution in [1.29, 1.82) is 0 Å². The minimum absolute atomic E-state index is 1.25. The first kappa shape index (κ1) is 31.4. The molecule has 0 bridgehead atoms. The summed E-state index contributed by atoms with van der Waals surface area (Å²) >= 11 is 4.21. The van der Waals surface area contributed by atoms with Crippen LogP contribution in [0.2, 0.25) is 0 Å². The van der Waals surface area contributed by atoms with Crippen LogP contribution in [-0.2, 0) is 0 Å². The minimum Gasteiger partial charge on any atom is -0.125 e. The highest BCUT2D eigenvalue weighted by Crippen LogP contribution is 2.37. The minimum atomic E-state index is 1.25. The molecule has 0 saturated heterocycles. The molecule has 0 spiro atoms. The van der Waals surface area contributed by atoms with Gasteiger partial charge in [0, 0.05) is 9.79 Å². The average Bonchev–Trinajstić information content (AvgIpc) is 2.94. The van der Waals surface area contributed by atoms with Crippen LogP contribution in [-0.4, -0.2) is 11.5 Å². The van der Waals surface area contributed by atoms with E-state index in [1.807, 2.05) is 0 Å². The topological polar surface area (TPSA) is 0 Å². The monoisotopic (exact) mass is 550 g/mol. The van der Waals surface area contributed by atoms with Crippen LogP contribution >= 0.6 is 23.5 Å². The smallest absolute Gasteiger partial charge is 0.0214 e. The molecule has 0 radical (unpaired) electrons. The van der Waals surface area contributed by atoms with Crippen LogP contribution in [0.5, 0.6) is 0 Å². The number of thioether (sulfide) groups is 2. The second-order valence-electron chi connectivity index (χ2n) is 11.2. The molecule has 3 aromatic rings. The number of hydrogen-bond donors (Lipinski definition) is 0. The van der Waals surface area contributed by atoms with E-state index in [0.29, 0.717) is 0 Å². The SMILES string of the molecule is CCCCCCCCCCCSc1cc2cc3ccccc3cc2cc1SCCCCCCCCCCC. The molecule has 0 amide bonds. The van der Waals surface area contributed by atoms with Gasteiger partial charge in [-0.2, -0.15) is 0 Å². The molecule has 38 heavy (non-hydrogen) atoms. The predicted molar refractivity (Wildman–Crippen MR) is 177 cm³/mol. The summed E-state index contributed by atoms with van der Waals surface area (Å²) in [5.74, 6) is 2.50. The third-order valence-corrected chi connectivity index (χ3v) is 10.2. The Morgan fingerprint density at radius 3 is 1.11 bits per heavy atom. The van der Waals surface area contributed by atoms with Gasteiger partial charge in [-0.15, -0.1) is 23.5 Å². The van der Waals surface area contributed by atoms with Gasteiger partial charge in [0.25, 0.3) is 0 Å². The van der Waals surface area contributed by atoms with Gasteiger partial charge in [0.1, 0.15) is 0 Å². The van der Waals surface area contributed by atoms with Gasteiger partial charge < -0.3 is 0 Å². The van der Waals surface area contributed by atoms with Gasteiger partial charge >= 0.3 is 0 Å². The van der Waals surface area contributed by atoms with Crippen LogP contribution in [0.1, 0.15) is 129 Å². The third-order valence-electron chi connectivity index (χ3n) is 7.78. The van der Waals surface area contributed by atoms with E-state index in [-0.39, 0.29) is 0 Å². The van der Waals surface area contributed by atoms with E-state index in [4.69, 9.17) is 0 Å². The summed E-state index contributed by atoms with van der Waals surface area (Å²) in [6.45, 7) is 4.60. The van der Waals surface area contributed by atoms with E-state index in [1.165, 1.54) is 158 Å². The predicted octanol–water partition coefficient (Wildman–Crippen LogP) is 13.2. The zero-order valence-electron chi connectivity index (χ0n) is 24.6. The lowest BCUT2D eigenvalue weighted by Gasteiger charge is -2.12. The molecule has 3 rings (SSSR count). The van der Waals surface area contributed by atoms with Crippen molar-refractivity contribution in [2.24, 2.45) is 0 Å². The standard InChI is InChI=1S/C36H54S2/c1-3-5-7-9-11-13-15-17-21-25-37-35-29-33-27-31-23-19-20-24-32(31)28-34(33)30-36(35)38-26-22-18-16-14-12-10-8-6-4-2/h19-20,23-24,27-30H,3-18,21-22,25-26H2,1-2H3. The number of benzene rings is 3. The molecule has 0 fully saturated rings. The summed E-state index contributed by atoms with van der Waals surface area (Å²) in [5.41, 5.74) is 0. The fraction of sp³-hybridized carbons (Fsp3) is 0.611. The van der Waals surface area contributed by atoms with Crippen LogP contribution < -0.4 is 0 Å². The molecule has 3 aromatic carbocycles. The molecule has 0 N–H and O–H groups in total. The number of hydrogen-bond acceptors (Lipinski definition) is 2. The Bertz CT molecular complexity index is 942. The molecule has 210 valence electrons. The van der Waals surface area contributed by atoms with Crippen molar-refractivity contribution in [3.8, 4) is 0 Å². The Morgan fingerprint density at radius 2 is 0.737 bits per heavy atom. The average molecular weight is 551 g/mol. The van der Waals surface area contributed by atoms with Gasteiger partial charge in [-0.3, -0.25) is 0 Å². The van der Waals surface area contributed by atoms with Crippen molar-refractivity contribution in [2.45, 2.75) is 139 Å². The lowest BCUT2D eigenvalue weighted by molar-refractivity contribution is 0.573. The first-order chi connectivity index (χ1) is 18.8. The lowest BCUT2D eigenvalue weighted by atomic mass is 10.0. The van der Waals surface area contributed by atoms with Gasteiger partial charge in [0.05, 0.1) is 0 Å². The van der Waals surface area contributed by atoms with Gasteiger partial charge in [0.15, 0.2) is 0 Å². The quantitative estimate of drug-likeness (QED) is 0.0693. The summed E-state index contributed by atoms with van der Waals surface area (Å²) in [4.78, 5) is 3.02. The zero-order valence-corrected chi connectivity index (χ0v) is 26.2. The fourth-order valence-electron chi connectivity index (χ4n) is 5.37. The maximum absolute atomic E-state index is 2.48. The molecule has 0 aliphatic carbocycles. The van der Waals surface area contributed by atoms with Crippen LogP contribution in [0.15, 0.2) is 58.3 Å². The molecule has 0 unspecified atom stereocenters. The molecule has 0 heterocycles. The Labute approximate surface area is 243 Å². The molecular formula is C36H54S2. The van der Waals surface area contributed by atoms with Crippen molar-refractivity contribution in [1.82, 2.24) is 0 Å². The summed E-state index contributed by atoms with van der Waals surface area (Å²) < 4.78 is 0. The molecule has 0 aromatic heterocycles. The van der Waals surface area contributed by atoms with Crippen molar-refractivity contribution in [3.05, 3.63) is 48.5 Å². The molecule has 2 heteroatoms. The third kappa shape index (κ3) is 12.0. The highest BCUT2D eigenvalue weighted by Gasteiger charge is 2.09. The van der Waals surface area contributed by atoms with Crippen molar-refractivity contribution < 1.29 is 0 Å². The highest BCUT2D eigenvalue weighted by atomic mass is 32.2. The normalized spacial score (nSPS) is 11.6. The molecular weight excluding hydrogens is 497 g/mol. The van der Waals surface area contributed by atoms with Crippen LogP contribution in [0.4, 0.5) is 0 Å². The molecule has 0 aliphatic rings. The van der Waals surface area contributed by atoms with E-state index >= 15 is 0 Å². The largest absolute Gasteiger partial charge is 0.125 e. The van der Waals surface area contributed by atoms with Crippen molar-refractivity contribution in [2.75, 3.05) is 11.5 Å². The second kappa shape index (κ2) is 19.9.